The van der Waals surface area contributed by atoms with Crippen LogP contribution in [0.1, 0.15) is 64.1 Å². The van der Waals surface area contributed by atoms with Crippen LogP contribution in [0.4, 0.5) is 4.79 Å². The molecule has 1 N–H and O–H groups in total. The Kier molecular flexibility index (Phi) is 9.50. The molecule has 1 aromatic carbocycles. The second-order valence-corrected chi connectivity index (χ2v) is 11.2. The van der Waals surface area contributed by atoms with Gasteiger partial charge >= 0.3 is 12.1 Å². The van der Waals surface area contributed by atoms with Crippen molar-refractivity contribution in [3.05, 3.63) is 23.3 Å². The van der Waals surface area contributed by atoms with Gasteiger partial charge < -0.3 is 19.3 Å². The highest BCUT2D eigenvalue weighted by molar-refractivity contribution is 5.79. The van der Waals surface area contributed by atoms with Crippen molar-refractivity contribution >= 4 is 12.1 Å². The van der Waals surface area contributed by atoms with E-state index in [0.29, 0.717) is 24.9 Å². The third-order valence-corrected chi connectivity index (χ3v) is 7.71. The van der Waals surface area contributed by atoms with E-state index in [2.05, 4.69) is 30.9 Å². The standard InChI is InChI=1S/C28H44N2O6/c1-17(2)10-20-15-30-9-8-19-13-25(34-6)26(35-7)14-22(19)23(30)12-21(20)16-36-28(33)29(5)24(27(31)32)11-18(3)4/h13-14,17-18,20-21,23-24H,8-12,15-16H2,1-7H3,(H,31,32)/t20-,21+,23-,24?/m1/s1. The molecule has 0 bridgehead atoms. The molecule has 1 amide bonds. The van der Waals surface area contributed by atoms with E-state index < -0.39 is 18.1 Å². The monoisotopic (exact) mass is 504 g/mol. The molecule has 2 aliphatic heterocycles. The summed E-state index contributed by atoms with van der Waals surface area (Å²) in [6.07, 6.45) is 2.73. The van der Waals surface area contributed by atoms with E-state index in [0.717, 1.165) is 43.9 Å². The van der Waals surface area contributed by atoms with Crippen molar-refractivity contribution in [2.75, 3.05) is 41.0 Å². The molecule has 0 spiro atoms. The molecule has 8 heteroatoms. The number of aliphatic carboxylic acids is 1. The summed E-state index contributed by atoms with van der Waals surface area (Å²) in [4.78, 5) is 28.4. The second-order valence-electron chi connectivity index (χ2n) is 11.2. The first-order valence-electron chi connectivity index (χ1n) is 13.2. The van der Waals surface area contributed by atoms with Crippen molar-refractivity contribution in [2.45, 2.75) is 65.5 Å². The van der Waals surface area contributed by atoms with E-state index in [4.69, 9.17) is 14.2 Å². The summed E-state index contributed by atoms with van der Waals surface area (Å²) in [5.41, 5.74) is 2.54. The number of carboxylic acids is 1. The van der Waals surface area contributed by atoms with Crippen molar-refractivity contribution in [3.8, 4) is 11.5 Å². The second kappa shape index (κ2) is 12.2. The number of benzene rings is 1. The molecule has 4 atom stereocenters. The zero-order valence-corrected chi connectivity index (χ0v) is 23.0. The zero-order chi connectivity index (χ0) is 26.6. The maximum absolute atomic E-state index is 12.9. The topological polar surface area (TPSA) is 88.5 Å². The number of methoxy groups -OCH3 is 2. The minimum absolute atomic E-state index is 0.156. The number of hydrogen-bond acceptors (Lipinski definition) is 6. The number of piperidine rings is 1. The van der Waals surface area contributed by atoms with Gasteiger partial charge in [-0.05, 0) is 72.6 Å². The fourth-order valence-electron chi connectivity index (χ4n) is 5.86. The lowest BCUT2D eigenvalue weighted by Crippen LogP contribution is -2.48. The lowest BCUT2D eigenvalue weighted by molar-refractivity contribution is -0.143. The molecule has 0 aromatic heterocycles. The minimum atomic E-state index is -1.00. The van der Waals surface area contributed by atoms with Gasteiger partial charge in [-0.15, -0.1) is 0 Å². The minimum Gasteiger partial charge on any atom is -0.493 e. The molecule has 8 nitrogen and oxygen atoms in total. The quantitative estimate of drug-likeness (QED) is 0.487. The Hall–Kier alpha value is -2.48. The summed E-state index contributed by atoms with van der Waals surface area (Å²) < 4.78 is 16.9. The number of rotatable bonds is 10. The van der Waals surface area contributed by atoms with Gasteiger partial charge in [-0.25, -0.2) is 9.59 Å². The fraction of sp³-hybridized carbons (Fsp3) is 0.714. The molecule has 1 unspecified atom stereocenters. The molecular formula is C28H44N2O6. The molecule has 0 radical (unpaired) electrons. The van der Waals surface area contributed by atoms with Gasteiger partial charge in [0, 0.05) is 26.2 Å². The lowest BCUT2D eigenvalue weighted by Gasteiger charge is -2.47. The zero-order valence-electron chi connectivity index (χ0n) is 23.0. The highest BCUT2D eigenvalue weighted by Gasteiger charge is 2.40. The van der Waals surface area contributed by atoms with E-state index >= 15 is 0 Å². The third-order valence-electron chi connectivity index (χ3n) is 7.71. The van der Waals surface area contributed by atoms with Crippen LogP contribution in [0.15, 0.2) is 12.1 Å². The van der Waals surface area contributed by atoms with Crippen LogP contribution >= 0.6 is 0 Å². The van der Waals surface area contributed by atoms with Crippen molar-refractivity contribution < 1.29 is 28.9 Å². The number of hydrogen-bond donors (Lipinski definition) is 1. The van der Waals surface area contributed by atoms with Gasteiger partial charge in [0.05, 0.1) is 20.8 Å². The molecular weight excluding hydrogens is 460 g/mol. The maximum atomic E-state index is 12.9. The first-order valence-corrected chi connectivity index (χ1v) is 13.2. The van der Waals surface area contributed by atoms with E-state index in [1.54, 1.807) is 14.2 Å². The Morgan fingerprint density at radius 2 is 1.75 bits per heavy atom. The van der Waals surface area contributed by atoms with Gasteiger partial charge in [0.1, 0.15) is 6.04 Å². The third kappa shape index (κ3) is 6.44. The number of amides is 1. The fourth-order valence-corrected chi connectivity index (χ4v) is 5.86. The van der Waals surface area contributed by atoms with Crippen molar-refractivity contribution in [1.29, 1.82) is 0 Å². The average molecular weight is 505 g/mol. The van der Waals surface area contributed by atoms with Crippen LogP contribution in [0.2, 0.25) is 0 Å². The average Bonchev–Trinajstić information content (AvgIpc) is 2.83. The molecule has 1 fully saturated rings. The Morgan fingerprint density at radius 3 is 2.33 bits per heavy atom. The molecule has 3 rings (SSSR count). The van der Waals surface area contributed by atoms with Crippen molar-refractivity contribution in [3.63, 3.8) is 0 Å². The Labute approximate surface area is 215 Å². The van der Waals surface area contributed by atoms with Crippen LogP contribution < -0.4 is 9.47 Å². The predicted octanol–water partition coefficient (Wildman–Crippen LogP) is 4.85. The van der Waals surface area contributed by atoms with E-state index in [1.165, 1.54) is 23.1 Å². The van der Waals surface area contributed by atoms with Crippen LogP contribution in [-0.2, 0) is 16.0 Å². The Bertz CT molecular complexity index is 918. The number of carbonyl (C=O) groups is 2. The van der Waals surface area contributed by atoms with Crippen LogP contribution in [0.25, 0.3) is 0 Å². The Morgan fingerprint density at radius 1 is 1.08 bits per heavy atom. The highest BCUT2D eigenvalue weighted by Crippen LogP contribution is 2.45. The van der Waals surface area contributed by atoms with Crippen LogP contribution in [0.3, 0.4) is 0 Å². The van der Waals surface area contributed by atoms with Crippen LogP contribution in [0, 0.1) is 23.7 Å². The summed E-state index contributed by atoms with van der Waals surface area (Å²) in [6, 6.07) is 3.54. The smallest absolute Gasteiger partial charge is 0.410 e. The molecule has 36 heavy (non-hydrogen) atoms. The number of nitrogens with zero attached hydrogens (tertiary/aromatic N) is 2. The van der Waals surface area contributed by atoms with Gasteiger partial charge in [0.15, 0.2) is 11.5 Å². The van der Waals surface area contributed by atoms with E-state index in [1.807, 2.05) is 13.8 Å². The van der Waals surface area contributed by atoms with Crippen LogP contribution in [-0.4, -0.2) is 74.0 Å². The molecule has 0 saturated carbocycles. The number of carboxylic acid groups (broad SMARTS) is 1. The summed E-state index contributed by atoms with van der Waals surface area (Å²) in [7, 11) is 4.84. The number of likely N-dealkylation sites (N-methyl/N-ethyl adjacent to an activating group) is 1. The molecule has 202 valence electrons. The van der Waals surface area contributed by atoms with Crippen LogP contribution in [0.5, 0.6) is 11.5 Å². The van der Waals surface area contributed by atoms with E-state index in [9.17, 15) is 14.7 Å². The highest BCUT2D eigenvalue weighted by atomic mass is 16.6. The van der Waals surface area contributed by atoms with E-state index in [-0.39, 0.29) is 17.9 Å². The van der Waals surface area contributed by atoms with Crippen molar-refractivity contribution in [1.82, 2.24) is 9.80 Å². The first kappa shape index (κ1) is 28.1. The molecule has 2 heterocycles. The molecule has 1 saturated heterocycles. The maximum Gasteiger partial charge on any atom is 0.410 e. The lowest BCUT2D eigenvalue weighted by atomic mass is 9.74. The summed E-state index contributed by atoms with van der Waals surface area (Å²) >= 11 is 0. The summed E-state index contributed by atoms with van der Waals surface area (Å²) in [5.74, 6) is 1.78. The van der Waals surface area contributed by atoms with Gasteiger partial charge in [-0.3, -0.25) is 9.80 Å². The van der Waals surface area contributed by atoms with Gasteiger partial charge in [0.25, 0.3) is 0 Å². The number of fused-ring (bicyclic) bond motifs is 3. The molecule has 0 aliphatic carbocycles. The van der Waals surface area contributed by atoms with Gasteiger partial charge in [0.2, 0.25) is 0 Å². The molecule has 1 aromatic rings. The first-order chi connectivity index (χ1) is 17.0. The summed E-state index contributed by atoms with van der Waals surface area (Å²) in [6.45, 7) is 10.6. The Balaban J connectivity index is 1.78. The summed E-state index contributed by atoms with van der Waals surface area (Å²) in [5, 5.41) is 9.63. The SMILES string of the molecule is COc1cc2c(cc1OC)[C@H]1C[C@@H](COC(=O)N(C)C(CC(C)C)C(=O)O)[C@H](CC(C)C)CN1CC2. The largest absolute Gasteiger partial charge is 0.493 e. The normalized spacial score (nSPS) is 22.5. The van der Waals surface area contributed by atoms with Crippen molar-refractivity contribution in [2.24, 2.45) is 23.7 Å². The number of ether oxygens (including phenoxy) is 3. The predicted molar refractivity (Wildman–Crippen MR) is 139 cm³/mol. The van der Waals surface area contributed by atoms with Gasteiger partial charge in [-0.2, -0.15) is 0 Å². The number of carbonyl (C=O) groups excluding carboxylic acids is 1. The van der Waals surface area contributed by atoms with Gasteiger partial charge in [-0.1, -0.05) is 27.7 Å². The molecule has 2 aliphatic rings.